The summed E-state index contributed by atoms with van der Waals surface area (Å²) in [4.78, 5) is 25.2. The van der Waals surface area contributed by atoms with Gasteiger partial charge in [0.2, 0.25) is 5.91 Å². The Morgan fingerprint density at radius 3 is 2.31 bits per heavy atom. The van der Waals surface area contributed by atoms with Crippen LogP contribution in [0.3, 0.4) is 0 Å². The van der Waals surface area contributed by atoms with Gasteiger partial charge in [0.1, 0.15) is 5.69 Å². The number of hydrogen-bond donors (Lipinski definition) is 0. The molecule has 184 valence electrons. The van der Waals surface area contributed by atoms with Crippen LogP contribution in [-0.4, -0.2) is 52.2 Å². The number of hydrogen-bond acceptors (Lipinski definition) is 5. The number of carbonyl (C=O) groups is 1. The summed E-state index contributed by atoms with van der Waals surface area (Å²) in [5, 5.41) is -0.678. The number of anilines is 1. The Labute approximate surface area is 207 Å². The molecule has 1 aliphatic heterocycles. The first-order valence-corrected chi connectivity index (χ1v) is 12.3. The first kappa shape index (κ1) is 25.0. The van der Waals surface area contributed by atoms with Crippen LogP contribution in [0.1, 0.15) is 23.7 Å². The number of benzene rings is 2. The second-order valence-corrected chi connectivity index (χ2v) is 9.88. The minimum absolute atomic E-state index is 0.0615. The summed E-state index contributed by atoms with van der Waals surface area (Å²) in [6.07, 6.45) is -4.61. The molecule has 1 atom stereocenters. The molecule has 9 heteroatoms. The lowest BCUT2D eigenvalue weighted by molar-refractivity contribution is -0.141. The second kappa shape index (κ2) is 10.3. The zero-order valence-corrected chi connectivity index (χ0v) is 20.7. The van der Waals surface area contributed by atoms with Crippen molar-refractivity contribution in [1.82, 2.24) is 14.9 Å². The molecule has 0 aliphatic carbocycles. The maximum atomic E-state index is 13.5. The van der Waals surface area contributed by atoms with Crippen molar-refractivity contribution < 1.29 is 18.0 Å². The largest absolute Gasteiger partial charge is 0.433 e. The van der Waals surface area contributed by atoms with Gasteiger partial charge in [-0.2, -0.15) is 13.2 Å². The van der Waals surface area contributed by atoms with E-state index in [1.165, 1.54) is 16.8 Å². The molecule has 0 unspecified atom stereocenters. The van der Waals surface area contributed by atoms with Gasteiger partial charge in [0.25, 0.3) is 0 Å². The van der Waals surface area contributed by atoms with E-state index in [9.17, 15) is 18.0 Å². The average Bonchev–Trinajstić information content (AvgIpc) is 2.85. The molecule has 0 N–H and O–H groups in total. The molecule has 35 heavy (non-hydrogen) atoms. The normalized spacial score (nSPS) is 15.3. The summed E-state index contributed by atoms with van der Waals surface area (Å²) in [6, 6.07) is 15.8. The number of aryl methyl sites for hydroxylation is 1. The molecule has 1 saturated heterocycles. The van der Waals surface area contributed by atoms with E-state index < -0.39 is 17.1 Å². The van der Waals surface area contributed by atoms with Crippen molar-refractivity contribution >= 4 is 23.4 Å². The Hall–Kier alpha value is -3.07. The van der Waals surface area contributed by atoms with Crippen LogP contribution in [0.4, 0.5) is 18.9 Å². The quantitative estimate of drug-likeness (QED) is 0.337. The third-order valence-corrected chi connectivity index (χ3v) is 7.15. The van der Waals surface area contributed by atoms with Gasteiger partial charge in [-0.05, 0) is 44.0 Å². The van der Waals surface area contributed by atoms with Gasteiger partial charge in [-0.1, -0.05) is 54.2 Å². The molecule has 0 spiro atoms. The van der Waals surface area contributed by atoms with Crippen LogP contribution < -0.4 is 4.90 Å². The van der Waals surface area contributed by atoms with Crippen molar-refractivity contribution in [2.24, 2.45) is 0 Å². The van der Waals surface area contributed by atoms with Crippen molar-refractivity contribution in [3.05, 3.63) is 71.4 Å². The number of amides is 1. The van der Waals surface area contributed by atoms with Crippen LogP contribution in [0.15, 0.2) is 59.8 Å². The Morgan fingerprint density at radius 1 is 0.971 bits per heavy atom. The summed E-state index contributed by atoms with van der Waals surface area (Å²) in [5.74, 6) is -0.127. The highest BCUT2D eigenvalue weighted by Gasteiger charge is 2.34. The van der Waals surface area contributed by atoms with Crippen LogP contribution >= 0.6 is 11.8 Å². The number of alkyl halides is 3. The maximum absolute atomic E-state index is 13.5. The van der Waals surface area contributed by atoms with Crippen LogP contribution in [0, 0.1) is 13.8 Å². The average molecular weight is 501 g/mol. The van der Waals surface area contributed by atoms with Gasteiger partial charge in [-0.3, -0.25) is 4.79 Å². The van der Waals surface area contributed by atoms with Crippen LogP contribution in [0.2, 0.25) is 0 Å². The molecule has 2 heterocycles. The molecule has 0 saturated carbocycles. The third kappa shape index (κ3) is 5.78. The summed E-state index contributed by atoms with van der Waals surface area (Å²) in [7, 11) is 0. The van der Waals surface area contributed by atoms with Crippen LogP contribution in [0.5, 0.6) is 0 Å². The summed E-state index contributed by atoms with van der Waals surface area (Å²) in [5.41, 5.74) is 3.34. The van der Waals surface area contributed by atoms with Gasteiger partial charge < -0.3 is 9.80 Å². The van der Waals surface area contributed by atoms with Crippen LogP contribution in [0.25, 0.3) is 11.3 Å². The van der Waals surface area contributed by atoms with E-state index in [1.807, 2.05) is 6.07 Å². The lowest BCUT2D eigenvalue weighted by atomic mass is 10.1. The second-order valence-electron chi connectivity index (χ2n) is 8.58. The monoisotopic (exact) mass is 500 g/mol. The zero-order chi connectivity index (χ0) is 25.2. The lowest BCUT2D eigenvalue weighted by Gasteiger charge is -2.37. The van der Waals surface area contributed by atoms with E-state index in [0.717, 1.165) is 17.8 Å². The molecule has 5 nitrogen and oxygen atoms in total. The summed E-state index contributed by atoms with van der Waals surface area (Å²) < 4.78 is 40.5. The van der Waals surface area contributed by atoms with Gasteiger partial charge in [0, 0.05) is 37.4 Å². The SMILES string of the molecule is Cc1cccc(N2CCN(C(=O)[C@@H](C)Sc3nc(-c4ccccc4)cc(C(F)(F)F)n3)CC2)c1C. The van der Waals surface area contributed by atoms with Crippen LogP contribution in [-0.2, 0) is 11.0 Å². The highest BCUT2D eigenvalue weighted by atomic mass is 32.2. The van der Waals surface area contributed by atoms with E-state index in [1.54, 1.807) is 42.2 Å². The number of aromatic nitrogens is 2. The Bertz CT molecular complexity index is 1190. The summed E-state index contributed by atoms with van der Waals surface area (Å²) >= 11 is 0.959. The minimum Gasteiger partial charge on any atom is -0.368 e. The zero-order valence-electron chi connectivity index (χ0n) is 19.8. The summed E-state index contributed by atoms with van der Waals surface area (Å²) in [6.45, 7) is 8.37. The van der Waals surface area contributed by atoms with Gasteiger partial charge in [0.05, 0.1) is 10.9 Å². The van der Waals surface area contributed by atoms with Gasteiger partial charge in [0.15, 0.2) is 5.16 Å². The van der Waals surface area contributed by atoms with Crippen molar-refractivity contribution in [3.8, 4) is 11.3 Å². The molecule has 0 radical (unpaired) electrons. The highest BCUT2D eigenvalue weighted by Crippen LogP contribution is 2.33. The molecular weight excluding hydrogens is 473 g/mol. The van der Waals surface area contributed by atoms with Crippen molar-refractivity contribution in [2.75, 3.05) is 31.1 Å². The van der Waals surface area contributed by atoms with Gasteiger partial charge in [-0.25, -0.2) is 9.97 Å². The standard InChI is InChI=1S/C26H27F3N4OS/c1-17-8-7-11-22(18(17)2)32-12-14-33(15-13-32)24(34)19(3)35-25-30-21(20-9-5-4-6-10-20)16-23(31-25)26(27,28)29/h4-11,16,19H,12-15H2,1-3H3/t19-/m1/s1. The topological polar surface area (TPSA) is 49.3 Å². The van der Waals surface area contributed by atoms with Crippen molar-refractivity contribution in [2.45, 2.75) is 37.4 Å². The first-order chi connectivity index (χ1) is 16.6. The number of nitrogens with zero attached hydrogens (tertiary/aromatic N) is 4. The van der Waals surface area contributed by atoms with E-state index in [4.69, 9.17) is 0 Å². The molecule has 1 fully saturated rings. The fraction of sp³-hybridized carbons (Fsp3) is 0.346. The Morgan fingerprint density at radius 2 is 1.66 bits per heavy atom. The molecule has 1 amide bonds. The predicted molar refractivity (Wildman–Crippen MR) is 132 cm³/mol. The fourth-order valence-electron chi connectivity index (χ4n) is 4.09. The number of halogens is 3. The van der Waals surface area contributed by atoms with Gasteiger partial charge in [-0.15, -0.1) is 0 Å². The number of piperazine rings is 1. The number of thioether (sulfide) groups is 1. The minimum atomic E-state index is -4.61. The van der Waals surface area contributed by atoms with E-state index in [-0.39, 0.29) is 16.8 Å². The predicted octanol–water partition coefficient (Wildman–Crippen LogP) is 5.61. The molecule has 0 bridgehead atoms. The number of carbonyl (C=O) groups excluding carboxylic acids is 1. The fourth-order valence-corrected chi connectivity index (χ4v) is 4.96. The molecule has 2 aromatic carbocycles. The van der Waals surface area contributed by atoms with E-state index in [0.29, 0.717) is 31.7 Å². The first-order valence-electron chi connectivity index (χ1n) is 11.4. The van der Waals surface area contributed by atoms with Gasteiger partial charge >= 0.3 is 6.18 Å². The molecular formula is C26H27F3N4OS. The molecule has 4 rings (SSSR count). The number of rotatable bonds is 5. The van der Waals surface area contributed by atoms with E-state index in [2.05, 4.69) is 40.8 Å². The third-order valence-electron chi connectivity index (χ3n) is 6.20. The van der Waals surface area contributed by atoms with Crippen molar-refractivity contribution in [3.63, 3.8) is 0 Å². The Kier molecular flexibility index (Phi) is 7.35. The smallest absolute Gasteiger partial charge is 0.368 e. The molecule has 3 aromatic rings. The van der Waals surface area contributed by atoms with Crippen molar-refractivity contribution in [1.29, 1.82) is 0 Å². The molecule has 1 aliphatic rings. The maximum Gasteiger partial charge on any atom is 0.433 e. The Balaban J connectivity index is 1.46. The van der Waals surface area contributed by atoms with E-state index >= 15 is 0 Å². The lowest BCUT2D eigenvalue weighted by Crippen LogP contribution is -2.50. The molecule has 1 aromatic heterocycles. The highest BCUT2D eigenvalue weighted by molar-refractivity contribution is 8.00.